The Labute approximate surface area is 118 Å². The predicted octanol–water partition coefficient (Wildman–Crippen LogP) is 1.35. The number of methoxy groups -OCH3 is 1. The maximum Gasteiger partial charge on any atom is 0.323 e. The third-order valence-corrected chi connectivity index (χ3v) is 2.84. The van der Waals surface area contributed by atoms with E-state index in [0.29, 0.717) is 19.5 Å². The smallest absolute Gasteiger partial charge is 0.323 e. The summed E-state index contributed by atoms with van der Waals surface area (Å²) in [6, 6.07) is 7.22. The van der Waals surface area contributed by atoms with Crippen molar-refractivity contribution in [2.24, 2.45) is 0 Å². The molecule has 0 radical (unpaired) electrons. The zero-order valence-electron chi connectivity index (χ0n) is 11.8. The predicted molar refractivity (Wildman–Crippen MR) is 75.0 cm³/mol. The Bertz CT molecular complexity index is 445. The van der Waals surface area contributed by atoms with Gasteiger partial charge in [0.1, 0.15) is 12.3 Å². The van der Waals surface area contributed by atoms with Gasteiger partial charge < -0.3 is 20.1 Å². The average Bonchev–Trinajstić information content (AvgIpc) is 2.45. The van der Waals surface area contributed by atoms with Gasteiger partial charge in [-0.3, -0.25) is 4.79 Å². The molecule has 6 nitrogen and oxygen atoms in total. The first-order valence-corrected chi connectivity index (χ1v) is 6.44. The highest BCUT2D eigenvalue weighted by Crippen LogP contribution is 2.11. The normalized spacial score (nSPS) is 9.90. The highest BCUT2D eigenvalue weighted by Gasteiger charge is 2.13. The van der Waals surface area contributed by atoms with Gasteiger partial charge in [0.2, 0.25) is 0 Å². The zero-order chi connectivity index (χ0) is 15.0. The second-order valence-corrected chi connectivity index (χ2v) is 4.24. The first-order valence-electron chi connectivity index (χ1n) is 6.44. The fourth-order valence-corrected chi connectivity index (χ4v) is 1.71. The van der Waals surface area contributed by atoms with Crippen LogP contribution in [0.2, 0.25) is 0 Å². The second kappa shape index (κ2) is 8.04. The molecule has 0 saturated heterocycles. The molecule has 0 unspecified atom stereocenters. The summed E-state index contributed by atoms with van der Waals surface area (Å²) in [5.74, 6) is -0.228. The Morgan fingerprint density at radius 2 is 1.95 bits per heavy atom. The van der Waals surface area contributed by atoms with Crippen molar-refractivity contribution < 1.29 is 19.4 Å². The first-order chi connectivity index (χ1) is 9.56. The Morgan fingerprint density at radius 1 is 1.30 bits per heavy atom. The summed E-state index contributed by atoms with van der Waals surface area (Å²) in [6.45, 7) is 2.28. The molecule has 1 aromatic carbocycles. The molecular formula is C14H20N2O4. The van der Waals surface area contributed by atoms with E-state index in [1.165, 1.54) is 4.90 Å². The van der Waals surface area contributed by atoms with Gasteiger partial charge in [0.05, 0.1) is 7.11 Å². The van der Waals surface area contributed by atoms with E-state index in [1.807, 2.05) is 24.3 Å². The average molecular weight is 280 g/mol. The lowest BCUT2D eigenvalue weighted by atomic mass is 10.1. The standard InChI is InChI=1S/C14H20N2O4/c1-3-16(10-13(17)18)14(19)15-9-8-11-4-6-12(20-2)7-5-11/h4-7H,3,8-10H2,1-2H3,(H,15,19)(H,17,18). The summed E-state index contributed by atoms with van der Waals surface area (Å²) in [5, 5.41) is 11.4. The lowest BCUT2D eigenvalue weighted by Crippen LogP contribution is -2.43. The monoisotopic (exact) mass is 280 g/mol. The van der Waals surface area contributed by atoms with Crippen LogP contribution in [-0.2, 0) is 11.2 Å². The number of nitrogens with zero attached hydrogens (tertiary/aromatic N) is 1. The van der Waals surface area contributed by atoms with Gasteiger partial charge in [-0.2, -0.15) is 0 Å². The van der Waals surface area contributed by atoms with Gasteiger partial charge in [-0.1, -0.05) is 12.1 Å². The van der Waals surface area contributed by atoms with Crippen LogP contribution in [-0.4, -0.2) is 48.8 Å². The maximum atomic E-state index is 11.7. The number of benzene rings is 1. The molecule has 0 saturated carbocycles. The molecule has 0 heterocycles. The van der Waals surface area contributed by atoms with Crippen LogP contribution in [0.5, 0.6) is 5.75 Å². The van der Waals surface area contributed by atoms with Crippen molar-refractivity contribution in [3.05, 3.63) is 29.8 Å². The number of carbonyl (C=O) groups excluding carboxylic acids is 1. The number of carboxylic acids is 1. The number of aliphatic carboxylic acids is 1. The van der Waals surface area contributed by atoms with E-state index in [2.05, 4.69) is 5.32 Å². The third-order valence-electron chi connectivity index (χ3n) is 2.84. The Hall–Kier alpha value is -2.24. The van der Waals surface area contributed by atoms with E-state index in [-0.39, 0.29) is 12.6 Å². The van der Waals surface area contributed by atoms with Crippen LogP contribution >= 0.6 is 0 Å². The molecule has 2 N–H and O–H groups in total. The van der Waals surface area contributed by atoms with Gasteiger partial charge in [0.25, 0.3) is 0 Å². The number of nitrogens with one attached hydrogen (secondary N) is 1. The van der Waals surface area contributed by atoms with Crippen LogP contribution < -0.4 is 10.1 Å². The quantitative estimate of drug-likeness (QED) is 0.790. The van der Waals surface area contributed by atoms with Crippen molar-refractivity contribution in [3.63, 3.8) is 0 Å². The molecule has 0 aliphatic carbocycles. The Balaban J connectivity index is 2.38. The van der Waals surface area contributed by atoms with E-state index >= 15 is 0 Å². The molecule has 0 aliphatic rings. The Morgan fingerprint density at radius 3 is 2.45 bits per heavy atom. The maximum absolute atomic E-state index is 11.7. The van der Waals surface area contributed by atoms with Crippen molar-refractivity contribution >= 4 is 12.0 Å². The zero-order valence-corrected chi connectivity index (χ0v) is 11.8. The first kappa shape index (κ1) is 15.8. The summed E-state index contributed by atoms with van der Waals surface area (Å²) in [7, 11) is 1.61. The number of hydrogen-bond donors (Lipinski definition) is 2. The van der Waals surface area contributed by atoms with E-state index in [9.17, 15) is 9.59 Å². The van der Waals surface area contributed by atoms with Crippen LogP contribution in [0.3, 0.4) is 0 Å². The fourth-order valence-electron chi connectivity index (χ4n) is 1.71. The molecule has 0 bridgehead atoms. The van der Waals surface area contributed by atoms with Gasteiger partial charge in [0, 0.05) is 13.1 Å². The molecule has 1 aromatic rings. The highest BCUT2D eigenvalue weighted by atomic mass is 16.5. The molecule has 0 aliphatic heterocycles. The molecule has 20 heavy (non-hydrogen) atoms. The number of hydrogen-bond acceptors (Lipinski definition) is 3. The minimum atomic E-state index is -1.02. The largest absolute Gasteiger partial charge is 0.497 e. The van der Waals surface area contributed by atoms with Crippen molar-refractivity contribution in [1.29, 1.82) is 0 Å². The van der Waals surface area contributed by atoms with Crippen LogP contribution in [0.15, 0.2) is 24.3 Å². The van der Waals surface area contributed by atoms with E-state index in [0.717, 1.165) is 11.3 Å². The van der Waals surface area contributed by atoms with Gasteiger partial charge in [-0.05, 0) is 31.0 Å². The molecule has 6 heteroatoms. The summed E-state index contributed by atoms with van der Waals surface area (Å²) < 4.78 is 5.06. The van der Waals surface area contributed by atoms with Crippen molar-refractivity contribution in [1.82, 2.24) is 10.2 Å². The number of urea groups is 1. The molecular weight excluding hydrogens is 260 g/mol. The van der Waals surface area contributed by atoms with Crippen molar-refractivity contribution in [2.45, 2.75) is 13.3 Å². The van der Waals surface area contributed by atoms with Gasteiger partial charge in [-0.25, -0.2) is 4.79 Å². The molecule has 0 spiro atoms. The summed E-state index contributed by atoms with van der Waals surface area (Å²) >= 11 is 0. The molecule has 2 amide bonds. The molecule has 0 atom stereocenters. The minimum absolute atomic E-state index is 0.287. The number of carbonyl (C=O) groups is 2. The van der Waals surface area contributed by atoms with Crippen LogP contribution in [0.1, 0.15) is 12.5 Å². The number of amides is 2. The topological polar surface area (TPSA) is 78.9 Å². The van der Waals surface area contributed by atoms with Gasteiger partial charge >= 0.3 is 12.0 Å². The minimum Gasteiger partial charge on any atom is -0.497 e. The number of rotatable bonds is 7. The lowest BCUT2D eigenvalue weighted by Gasteiger charge is -2.19. The highest BCUT2D eigenvalue weighted by molar-refractivity contribution is 5.80. The van der Waals surface area contributed by atoms with E-state index < -0.39 is 5.97 Å². The van der Waals surface area contributed by atoms with Crippen molar-refractivity contribution in [2.75, 3.05) is 26.7 Å². The second-order valence-electron chi connectivity index (χ2n) is 4.24. The summed E-state index contributed by atoms with van der Waals surface area (Å²) in [6.07, 6.45) is 0.681. The van der Waals surface area contributed by atoms with Crippen molar-refractivity contribution in [3.8, 4) is 5.75 Å². The number of likely N-dealkylation sites (N-methyl/N-ethyl adjacent to an activating group) is 1. The number of carboxylic acid groups (broad SMARTS) is 1. The molecule has 0 aromatic heterocycles. The number of ether oxygens (including phenoxy) is 1. The van der Waals surface area contributed by atoms with E-state index in [1.54, 1.807) is 14.0 Å². The molecule has 110 valence electrons. The van der Waals surface area contributed by atoms with Crippen LogP contribution in [0.4, 0.5) is 4.79 Å². The lowest BCUT2D eigenvalue weighted by molar-refractivity contribution is -0.137. The molecule has 1 rings (SSSR count). The summed E-state index contributed by atoms with van der Waals surface area (Å²) in [5.41, 5.74) is 1.08. The van der Waals surface area contributed by atoms with E-state index in [4.69, 9.17) is 9.84 Å². The fraction of sp³-hybridized carbons (Fsp3) is 0.429. The third kappa shape index (κ3) is 5.17. The molecule has 0 fully saturated rings. The summed E-state index contributed by atoms with van der Waals surface area (Å²) in [4.78, 5) is 23.6. The van der Waals surface area contributed by atoms with Crippen LogP contribution in [0.25, 0.3) is 0 Å². The SMILES string of the molecule is CCN(CC(=O)O)C(=O)NCCc1ccc(OC)cc1. The Kier molecular flexibility index (Phi) is 6.36. The van der Waals surface area contributed by atoms with Crippen LogP contribution in [0, 0.1) is 0 Å². The van der Waals surface area contributed by atoms with Gasteiger partial charge in [0.15, 0.2) is 0 Å². The van der Waals surface area contributed by atoms with Gasteiger partial charge in [-0.15, -0.1) is 0 Å².